The summed E-state index contributed by atoms with van der Waals surface area (Å²) in [6.07, 6.45) is 0.590. The molecule has 1 N–H and O–H groups in total. The Bertz CT molecular complexity index is 947. The predicted octanol–water partition coefficient (Wildman–Crippen LogP) is 2.84. The summed E-state index contributed by atoms with van der Waals surface area (Å²) in [6, 6.07) is 4.69. The summed E-state index contributed by atoms with van der Waals surface area (Å²) >= 11 is 2.11. The van der Waals surface area contributed by atoms with Crippen molar-refractivity contribution in [2.45, 2.75) is 24.7 Å². The molecule has 2 aliphatic heterocycles. The Labute approximate surface area is 174 Å². The third kappa shape index (κ3) is 3.36. The first-order valence-corrected chi connectivity index (χ1v) is 10.6. The maximum Gasteiger partial charge on any atom is 0.329 e. The van der Waals surface area contributed by atoms with Gasteiger partial charge >= 0.3 is 6.03 Å². The Morgan fingerprint density at radius 1 is 1.32 bits per heavy atom. The second-order valence-electron chi connectivity index (χ2n) is 7.25. The lowest BCUT2D eigenvalue weighted by Crippen LogP contribution is -2.49. The standard InChI is InChI=1S/C18H20F2IN5O2/c1-24-14-8-11(13-4-6-25(10-21)9-18(13,19)20)2-3-12(14)16(23-24)26-7-5-15(27)22-17(26)28/h2-3,8,13H,4-7,9-10H2,1H3,(H,22,27,28). The van der Waals surface area contributed by atoms with Gasteiger partial charge in [-0.2, -0.15) is 5.10 Å². The summed E-state index contributed by atoms with van der Waals surface area (Å²) in [5.41, 5.74) is 1.27. The first kappa shape index (κ1) is 19.5. The Morgan fingerprint density at radius 3 is 2.79 bits per heavy atom. The average molecular weight is 503 g/mol. The molecule has 0 bridgehead atoms. The summed E-state index contributed by atoms with van der Waals surface area (Å²) < 4.78 is 31.6. The molecule has 0 saturated carbocycles. The number of likely N-dealkylation sites (tertiary alicyclic amines) is 1. The van der Waals surface area contributed by atoms with Crippen molar-refractivity contribution in [3.05, 3.63) is 23.8 Å². The number of amides is 3. The molecule has 4 rings (SSSR count). The van der Waals surface area contributed by atoms with Crippen LogP contribution in [-0.4, -0.2) is 56.7 Å². The molecule has 1 aromatic carbocycles. The number of fused-ring (bicyclic) bond motifs is 1. The van der Waals surface area contributed by atoms with Crippen LogP contribution < -0.4 is 10.2 Å². The van der Waals surface area contributed by atoms with E-state index in [1.165, 1.54) is 4.90 Å². The molecular weight excluding hydrogens is 483 g/mol. The normalized spacial score (nSPS) is 23.3. The minimum absolute atomic E-state index is 0.198. The van der Waals surface area contributed by atoms with Gasteiger partial charge in [0.1, 0.15) is 0 Å². The van der Waals surface area contributed by atoms with Crippen LogP contribution in [0, 0.1) is 0 Å². The van der Waals surface area contributed by atoms with Crippen LogP contribution in [0.4, 0.5) is 19.4 Å². The van der Waals surface area contributed by atoms with Crippen molar-refractivity contribution in [3.8, 4) is 0 Å². The van der Waals surface area contributed by atoms with Crippen molar-refractivity contribution in [2.24, 2.45) is 7.05 Å². The van der Waals surface area contributed by atoms with E-state index in [4.69, 9.17) is 0 Å². The third-order valence-corrected chi connectivity index (χ3v) is 6.38. The van der Waals surface area contributed by atoms with Crippen LogP contribution in [0.5, 0.6) is 0 Å². The van der Waals surface area contributed by atoms with Crippen LogP contribution in [0.25, 0.3) is 10.9 Å². The zero-order valence-corrected chi connectivity index (χ0v) is 17.4. The van der Waals surface area contributed by atoms with Gasteiger partial charge in [-0.05, 0) is 30.7 Å². The van der Waals surface area contributed by atoms with Crippen LogP contribution in [0.15, 0.2) is 18.2 Å². The fourth-order valence-corrected chi connectivity index (χ4v) is 4.54. The van der Waals surface area contributed by atoms with E-state index in [9.17, 15) is 18.4 Å². The number of halogens is 3. The van der Waals surface area contributed by atoms with Crippen LogP contribution in [-0.2, 0) is 11.8 Å². The number of nitrogens with zero attached hydrogens (tertiary/aromatic N) is 4. The number of imide groups is 1. The molecule has 2 saturated heterocycles. The van der Waals surface area contributed by atoms with E-state index in [1.807, 2.05) is 0 Å². The molecule has 0 spiro atoms. The molecule has 7 nitrogen and oxygen atoms in total. The SMILES string of the molecule is Cn1nc(N2CCC(=O)NC2=O)c2ccc(C3CCN(CI)CC3(F)F)cc21. The molecule has 150 valence electrons. The minimum Gasteiger partial charge on any atom is -0.288 e. The highest BCUT2D eigenvalue weighted by Gasteiger charge is 2.45. The van der Waals surface area contributed by atoms with Crippen LogP contribution >= 0.6 is 22.6 Å². The van der Waals surface area contributed by atoms with E-state index in [2.05, 4.69) is 33.0 Å². The van der Waals surface area contributed by atoms with Crippen molar-refractivity contribution in [1.29, 1.82) is 0 Å². The molecule has 3 heterocycles. The molecule has 28 heavy (non-hydrogen) atoms. The van der Waals surface area contributed by atoms with Gasteiger partial charge in [0.15, 0.2) is 5.82 Å². The smallest absolute Gasteiger partial charge is 0.288 e. The van der Waals surface area contributed by atoms with Gasteiger partial charge in [-0.15, -0.1) is 0 Å². The quantitative estimate of drug-likeness (QED) is 0.398. The Morgan fingerprint density at radius 2 is 2.11 bits per heavy atom. The van der Waals surface area contributed by atoms with E-state index < -0.39 is 17.9 Å². The molecule has 0 aliphatic carbocycles. The number of carbonyl (C=O) groups is 2. The van der Waals surface area contributed by atoms with Crippen molar-refractivity contribution in [1.82, 2.24) is 20.0 Å². The van der Waals surface area contributed by atoms with Gasteiger partial charge in [-0.3, -0.25) is 24.6 Å². The number of aromatic nitrogens is 2. The third-order valence-electron chi connectivity index (χ3n) is 5.42. The van der Waals surface area contributed by atoms with Gasteiger partial charge in [-0.1, -0.05) is 28.7 Å². The lowest BCUT2D eigenvalue weighted by Gasteiger charge is -2.37. The van der Waals surface area contributed by atoms with Crippen molar-refractivity contribution < 1.29 is 18.4 Å². The average Bonchev–Trinajstić information content (AvgIpc) is 2.97. The Hall–Kier alpha value is -1.82. The maximum absolute atomic E-state index is 14.7. The van der Waals surface area contributed by atoms with Gasteiger partial charge in [0, 0.05) is 25.4 Å². The fraction of sp³-hybridized carbons (Fsp3) is 0.500. The summed E-state index contributed by atoms with van der Waals surface area (Å²) in [6.45, 7) is 0.641. The van der Waals surface area contributed by atoms with Gasteiger partial charge in [0.2, 0.25) is 5.91 Å². The summed E-state index contributed by atoms with van der Waals surface area (Å²) in [4.78, 5) is 26.7. The van der Waals surface area contributed by atoms with Crippen molar-refractivity contribution in [3.63, 3.8) is 0 Å². The second kappa shape index (κ2) is 7.21. The Kier molecular flexibility index (Phi) is 5.02. The highest BCUT2D eigenvalue weighted by atomic mass is 127. The molecule has 2 fully saturated rings. The zero-order chi connectivity index (χ0) is 20.1. The van der Waals surface area contributed by atoms with E-state index in [-0.39, 0.29) is 25.4 Å². The van der Waals surface area contributed by atoms with Gasteiger partial charge in [-0.25, -0.2) is 13.6 Å². The number of aryl methyl sites for hydroxylation is 1. The predicted molar refractivity (Wildman–Crippen MR) is 109 cm³/mol. The lowest BCUT2D eigenvalue weighted by atomic mass is 9.86. The second-order valence-corrected chi connectivity index (χ2v) is 7.94. The fourth-order valence-electron chi connectivity index (χ4n) is 3.96. The summed E-state index contributed by atoms with van der Waals surface area (Å²) in [5, 5.41) is 7.39. The van der Waals surface area contributed by atoms with E-state index in [1.54, 1.807) is 34.8 Å². The largest absolute Gasteiger partial charge is 0.329 e. The van der Waals surface area contributed by atoms with Crippen LogP contribution in [0.3, 0.4) is 0 Å². The minimum atomic E-state index is -2.80. The van der Waals surface area contributed by atoms with Gasteiger partial charge in [0.25, 0.3) is 5.92 Å². The number of rotatable bonds is 3. The number of hydrogen-bond acceptors (Lipinski definition) is 4. The van der Waals surface area contributed by atoms with Gasteiger partial charge < -0.3 is 0 Å². The lowest BCUT2D eigenvalue weighted by molar-refractivity contribution is -0.120. The summed E-state index contributed by atoms with van der Waals surface area (Å²) in [7, 11) is 1.72. The summed E-state index contributed by atoms with van der Waals surface area (Å²) in [5.74, 6) is -3.53. The molecule has 1 unspecified atom stereocenters. The number of hydrogen-bond donors (Lipinski definition) is 1. The first-order valence-electron chi connectivity index (χ1n) is 9.04. The number of alkyl halides is 3. The highest BCUT2D eigenvalue weighted by molar-refractivity contribution is 14.1. The highest BCUT2D eigenvalue weighted by Crippen LogP contribution is 2.41. The number of carbonyl (C=O) groups excluding carboxylic acids is 2. The zero-order valence-electron chi connectivity index (χ0n) is 15.3. The molecule has 3 amide bonds. The van der Waals surface area contributed by atoms with Crippen molar-refractivity contribution in [2.75, 3.05) is 29.1 Å². The van der Waals surface area contributed by atoms with Crippen molar-refractivity contribution >= 4 is 51.2 Å². The maximum atomic E-state index is 14.7. The number of nitrogens with one attached hydrogen (secondary N) is 1. The van der Waals surface area contributed by atoms with E-state index in [0.717, 1.165) is 0 Å². The van der Waals surface area contributed by atoms with Crippen LogP contribution in [0.1, 0.15) is 24.3 Å². The van der Waals surface area contributed by atoms with Gasteiger partial charge in [0.05, 0.1) is 22.5 Å². The molecule has 2 aliphatic rings. The van der Waals surface area contributed by atoms with Crippen LogP contribution in [0.2, 0.25) is 0 Å². The Balaban J connectivity index is 1.68. The number of piperidine rings is 1. The molecular formula is C18H20F2IN5O2. The molecule has 1 atom stereocenters. The number of benzene rings is 1. The van der Waals surface area contributed by atoms with E-state index >= 15 is 0 Å². The van der Waals surface area contributed by atoms with E-state index in [0.29, 0.717) is 39.8 Å². The monoisotopic (exact) mass is 503 g/mol. The topological polar surface area (TPSA) is 70.5 Å². The molecule has 2 aromatic rings. The first-order chi connectivity index (χ1) is 13.3. The molecule has 0 radical (unpaired) electrons. The molecule has 10 heteroatoms. The number of anilines is 1. The molecule has 1 aromatic heterocycles. The number of urea groups is 1.